The van der Waals surface area contributed by atoms with Gasteiger partial charge in [-0.05, 0) is 23.1 Å². The summed E-state index contributed by atoms with van der Waals surface area (Å²) in [5, 5.41) is 4.00. The Labute approximate surface area is 123 Å². The Balaban J connectivity index is 3.11. The van der Waals surface area contributed by atoms with Crippen LogP contribution in [0.25, 0.3) is 10.4 Å². The summed E-state index contributed by atoms with van der Waals surface area (Å²) >= 11 is 0. The molecule has 0 amide bonds. The molecule has 106 valence electrons. The lowest BCUT2D eigenvalue weighted by molar-refractivity contribution is 0.730. The first-order valence-electron chi connectivity index (χ1n) is 6.86. The second-order valence-electron chi connectivity index (χ2n) is 6.61. The van der Waals surface area contributed by atoms with E-state index in [1.165, 1.54) is 0 Å². The molecule has 1 aromatic rings. The van der Waals surface area contributed by atoms with E-state index in [1.807, 2.05) is 24.3 Å². The molecule has 0 saturated carbocycles. The van der Waals surface area contributed by atoms with E-state index in [0.29, 0.717) is 5.69 Å². The van der Waals surface area contributed by atoms with Crippen LogP contribution in [0.3, 0.4) is 0 Å². The molecule has 0 aliphatic heterocycles. The molecule has 0 aliphatic rings. The molecule has 0 aliphatic carbocycles. The average molecular weight is 285 g/mol. The van der Waals surface area contributed by atoms with Crippen LogP contribution in [0.5, 0.6) is 0 Å². The molecule has 0 spiro atoms. The van der Waals surface area contributed by atoms with Crippen LogP contribution in [0.1, 0.15) is 39.2 Å². The van der Waals surface area contributed by atoms with E-state index >= 15 is 0 Å². The predicted octanol–water partition coefficient (Wildman–Crippen LogP) is 5.78. The number of hydrogen-bond acceptors (Lipinski definition) is 1. The number of azide groups is 1. The maximum absolute atomic E-state index is 8.62. The average Bonchev–Trinajstić information content (AvgIpc) is 2.36. The largest absolute Gasteiger partial charge is 0.137 e. The summed E-state index contributed by atoms with van der Waals surface area (Å²) in [6, 6.07) is 7.65. The van der Waals surface area contributed by atoms with Crippen molar-refractivity contribution in [1.82, 2.24) is 0 Å². The van der Waals surface area contributed by atoms with E-state index in [4.69, 9.17) is 5.53 Å². The Kier molecular flexibility index (Phi) is 5.05. The van der Waals surface area contributed by atoms with Gasteiger partial charge in [-0.1, -0.05) is 63.2 Å². The normalized spacial score (nSPS) is 12.9. The highest BCUT2D eigenvalue weighted by molar-refractivity contribution is 6.87. The third kappa shape index (κ3) is 3.90. The molecule has 0 N–H and O–H groups in total. The molecule has 0 fully saturated rings. The van der Waals surface area contributed by atoms with E-state index < -0.39 is 8.07 Å². The molecule has 1 atom stereocenters. The van der Waals surface area contributed by atoms with Crippen LogP contribution in [0.4, 0.5) is 5.69 Å². The quantitative estimate of drug-likeness (QED) is 0.217. The number of benzene rings is 1. The van der Waals surface area contributed by atoms with Gasteiger partial charge in [0.2, 0.25) is 0 Å². The van der Waals surface area contributed by atoms with Crippen molar-refractivity contribution in [3.8, 4) is 11.5 Å². The van der Waals surface area contributed by atoms with Crippen molar-refractivity contribution in [1.29, 1.82) is 0 Å². The SMILES string of the molecule is CC(C#C[Si](C)(C)C(C)(C)C)c1ccccc1N=[N+]=[N-]. The van der Waals surface area contributed by atoms with Gasteiger partial charge in [-0.2, -0.15) is 0 Å². The molecule has 0 radical (unpaired) electrons. The summed E-state index contributed by atoms with van der Waals surface area (Å²) in [6.45, 7) is 13.4. The summed E-state index contributed by atoms with van der Waals surface area (Å²) in [5.74, 6) is 3.45. The molecule has 1 unspecified atom stereocenters. The molecule has 0 bridgehead atoms. The third-order valence-corrected chi connectivity index (χ3v) is 8.55. The van der Waals surface area contributed by atoms with Gasteiger partial charge in [0, 0.05) is 16.5 Å². The summed E-state index contributed by atoms with van der Waals surface area (Å²) in [5.41, 5.74) is 13.8. The third-order valence-electron chi connectivity index (χ3n) is 4.03. The lowest BCUT2D eigenvalue weighted by atomic mass is 10.0. The van der Waals surface area contributed by atoms with Gasteiger partial charge < -0.3 is 0 Å². The van der Waals surface area contributed by atoms with E-state index in [1.54, 1.807) is 0 Å². The molecular weight excluding hydrogens is 262 g/mol. The molecule has 0 heterocycles. The van der Waals surface area contributed by atoms with Gasteiger partial charge in [0.05, 0.1) is 0 Å². The fourth-order valence-corrected chi connectivity index (χ4v) is 2.50. The summed E-state index contributed by atoms with van der Waals surface area (Å²) < 4.78 is 0. The summed E-state index contributed by atoms with van der Waals surface area (Å²) in [4.78, 5) is 2.88. The van der Waals surface area contributed by atoms with Gasteiger partial charge in [0.25, 0.3) is 0 Å². The zero-order valence-electron chi connectivity index (χ0n) is 13.2. The number of rotatable bonds is 2. The Morgan fingerprint density at radius 2 is 1.85 bits per heavy atom. The maximum atomic E-state index is 8.62. The maximum Gasteiger partial charge on any atom is 0.137 e. The molecule has 1 aromatic carbocycles. The predicted molar refractivity (Wildman–Crippen MR) is 88.6 cm³/mol. The fourth-order valence-electron chi connectivity index (χ4n) is 1.55. The first-order chi connectivity index (χ1) is 9.19. The second kappa shape index (κ2) is 6.17. The van der Waals surface area contributed by atoms with Crippen LogP contribution >= 0.6 is 0 Å². The summed E-state index contributed by atoms with van der Waals surface area (Å²) in [7, 11) is -1.60. The number of nitrogens with zero attached hydrogens (tertiary/aromatic N) is 3. The monoisotopic (exact) mass is 285 g/mol. The van der Waals surface area contributed by atoms with Crippen LogP contribution in [-0.4, -0.2) is 8.07 Å². The van der Waals surface area contributed by atoms with Gasteiger partial charge in [0.1, 0.15) is 8.07 Å². The van der Waals surface area contributed by atoms with E-state index in [9.17, 15) is 0 Å². The topological polar surface area (TPSA) is 48.8 Å². The van der Waals surface area contributed by atoms with Gasteiger partial charge in [0.15, 0.2) is 0 Å². The van der Waals surface area contributed by atoms with E-state index in [-0.39, 0.29) is 11.0 Å². The first kappa shape index (κ1) is 16.4. The Morgan fingerprint density at radius 1 is 1.25 bits per heavy atom. The Morgan fingerprint density at radius 3 is 2.40 bits per heavy atom. The number of hydrogen-bond donors (Lipinski definition) is 0. The molecule has 0 saturated heterocycles. The zero-order chi connectivity index (χ0) is 15.4. The van der Waals surface area contributed by atoms with Gasteiger partial charge in [-0.3, -0.25) is 0 Å². The second-order valence-corrected chi connectivity index (χ2v) is 11.6. The first-order valence-corrected chi connectivity index (χ1v) is 9.86. The van der Waals surface area contributed by atoms with Crippen LogP contribution in [0.2, 0.25) is 18.1 Å². The van der Waals surface area contributed by atoms with Gasteiger partial charge in [-0.15, -0.1) is 11.5 Å². The van der Waals surface area contributed by atoms with Crippen LogP contribution in [0.15, 0.2) is 29.4 Å². The smallest absolute Gasteiger partial charge is 0.131 e. The van der Waals surface area contributed by atoms with Crippen molar-refractivity contribution in [2.75, 3.05) is 0 Å². The minimum Gasteiger partial charge on any atom is -0.131 e. The van der Waals surface area contributed by atoms with Crippen molar-refractivity contribution < 1.29 is 0 Å². The van der Waals surface area contributed by atoms with Crippen molar-refractivity contribution in [2.24, 2.45) is 5.11 Å². The lowest BCUT2D eigenvalue weighted by Crippen LogP contribution is -2.35. The van der Waals surface area contributed by atoms with E-state index in [2.05, 4.69) is 62.3 Å². The minimum absolute atomic E-state index is 0.0748. The summed E-state index contributed by atoms with van der Waals surface area (Å²) in [6.07, 6.45) is 0. The van der Waals surface area contributed by atoms with Gasteiger partial charge >= 0.3 is 0 Å². The molecular formula is C16H23N3Si. The molecule has 20 heavy (non-hydrogen) atoms. The van der Waals surface area contributed by atoms with Crippen LogP contribution in [-0.2, 0) is 0 Å². The van der Waals surface area contributed by atoms with Crippen LogP contribution in [0, 0.1) is 11.5 Å². The zero-order valence-corrected chi connectivity index (χ0v) is 14.2. The molecule has 4 heteroatoms. The van der Waals surface area contributed by atoms with Gasteiger partial charge in [-0.25, -0.2) is 0 Å². The molecule has 3 nitrogen and oxygen atoms in total. The molecule has 1 rings (SSSR count). The van der Waals surface area contributed by atoms with Crippen molar-refractivity contribution in [2.45, 2.75) is 51.7 Å². The highest BCUT2D eigenvalue weighted by atomic mass is 28.3. The standard InChI is InChI=1S/C16H23N3Si/c1-13(11-12-20(5,6)16(2,3)4)14-9-7-8-10-15(14)18-19-17/h7-10,13H,1-6H3. The van der Waals surface area contributed by atoms with Crippen LogP contribution < -0.4 is 0 Å². The lowest BCUT2D eigenvalue weighted by Gasteiger charge is -2.31. The van der Waals surface area contributed by atoms with Crippen molar-refractivity contribution >= 4 is 13.8 Å². The minimum atomic E-state index is -1.60. The Hall–Kier alpha value is -1.69. The highest BCUT2D eigenvalue weighted by Crippen LogP contribution is 2.35. The Bertz CT molecular complexity index is 582. The van der Waals surface area contributed by atoms with Crippen molar-refractivity contribution in [3.63, 3.8) is 0 Å². The molecule has 0 aromatic heterocycles. The van der Waals surface area contributed by atoms with E-state index in [0.717, 1.165) is 5.56 Å². The highest BCUT2D eigenvalue weighted by Gasteiger charge is 2.33. The fraction of sp³-hybridized carbons (Fsp3) is 0.500. The van der Waals surface area contributed by atoms with Crippen molar-refractivity contribution in [3.05, 3.63) is 40.3 Å².